The highest BCUT2D eigenvalue weighted by Crippen LogP contribution is 1.99. The van der Waals surface area contributed by atoms with E-state index >= 15 is 0 Å². The standard InChI is InChI=1S/C11H20O5/c1-4-5-10(12)15-6-7-16-11(13)9(2)8-14-3/h9H,4-8H2,1-3H3. The van der Waals surface area contributed by atoms with Crippen LogP contribution in [0, 0.1) is 5.92 Å². The first-order valence-electron chi connectivity index (χ1n) is 5.43. The van der Waals surface area contributed by atoms with Gasteiger partial charge in [0.2, 0.25) is 0 Å². The highest BCUT2D eigenvalue weighted by atomic mass is 16.6. The lowest BCUT2D eigenvalue weighted by atomic mass is 10.2. The van der Waals surface area contributed by atoms with Gasteiger partial charge in [-0.15, -0.1) is 0 Å². The number of ether oxygens (including phenoxy) is 3. The third kappa shape index (κ3) is 7.23. The number of methoxy groups -OCH3 is 1. The lowest BCUT2D eigenvalue weighted by molar-refractivity contribution is -0.155. The summed E-state index contributed by atoms with van der Waals surface area (Å²) in [5.41, 5.74) is 0. The summed E-state index contributed by atoms with van der Waals surface area (Å²) in [7, 11) is 1.52. The number of carbonyl (C=O) groups excluding carboxylic acids is 2. The van der Waals surface area contributed by atoms with Crippen molar-refractivity contribution in [3.63, 3.8) is 0 Å². The Morgan fingerprint density at radius 3 is 2.38 bits per heavy atom. The number of esters is 2. The first-order chi connectivity index (χ1) is 7.61. The molecular weight excluding hydrogens is 212 g/mol. The van der Waals surface area contributed by atoms with Crippen LogP contribution in [0.15, 0.2) is 0 Å². The van der Waals surface area contributed by atoms with Gasteiger partial charge in [-0.05, 0) is 13.3 Å². The fraction of sp³-hybridized carbons (Fsp3) is 0.818. The van der Waals surface area contributed by atoms with E-state index in [9.17, 15) is 9.59 Å². The van der Waals surface area contributed by atoms with Crippen LogP contribution in [0.2, 0.25) is 0 Å². The number of carbonyl (C=O) groups is 2. The Hall–Kier alpha value is -1.10. The van der Waals surface area contributed by atoms with Crippen LogP contribution in [0.1, 0.15) is 26.7 Å². The van der Waals surface area contributed by atoms with Gasteiger partial charge in [-0.2, -0.15) is 0 Å². The van der Waals surface area contributed by atoms with Gasteiger partial charge in [0.1, 0.15) is 13.2 Å². The number of hydrogen-bond acceptors (Lipinski definition) is 5. The Balaban J connectivity index is 3.51. The minimum atomic E-state index is -0.339. The topological polar surface area (TPSA) is 61.8 Å². The molecule has 1 atom stereocenters. The van der Waals surface area contributed by atoms with E-state index in [-0.39, 0.29) is 31.1 Å². The normalized spacial score (nSPS) is 11.9. The van der Waals surface area contributed by atoms with Crippen LogP contribution in [0.3, 0.4) is 0 Å². The predicted octanol–water partition coefficient (Wildman–Crippen LogP) is 1.16. The van der Waals surface area contributed by atoms with Gasteiger partial charge in [-0.25, -0.2) is 0 Å². The molecule has 0 aliphatic heterocycles. The average molecular weight is 232 g/mol. The SMILES string of the molecule is CCCC(=O)OCCOC(=O)C(C)COC. The molecule has 16 heavy (non-hydrogen) atoms. The largest absolute Gasteiger partial charge is 0.462 e. The van der Waals surface area contributed by atoms with Crippen molar-refractivity contribution in [1.29, 1.82) is 0 Å². The van der Waals surface area contributed by atoms with Crippen LogP contribution in [-0.4, -0.2) is 38.9 Å². The molecule has 0 spiro atoms. The monoisotopic (exact) mass is 232 g/mol. The van der Waals surface area contributed by atoms with Crippen LogP contribution in [-0.2, 0) is 23.8 Å². The van der Waals surface area contributed by atoms with Crippen molar-refractivity contribution in [2.24, 2.45) is 5.92 Å². The molecule has 0 amide bonds. The summed E-state index contributed by atoms with van der Waals surface area (Å²) in [6.45, 7) is 4.16. The van der Waals surface area contributed by atoms with Gasteiger partial charge >= 0.3 is 11.9 Å². The fourth-order valence-electron chi connectivity index (χ4n) is 1.03. The first-order valence-corrected chi connectivity index (χ1v) is 5.43. The highest BCUT2D eigenvalue weighted by molar-refractivity contribution is 5.72. The summed E-state index contributed by atoms with van der Waals surface area (Å²) in [6.07, 6.45) is 1.15. The van der Waals surface area contributed by atoms with E-state index in [1.807, 2.05) is 6.92 Å². The van der Waals surface area contributed by atoms with Crippen molar-refractivity contribution >= 4 is 11.9 Å². The van der Waals surface area contributed by atoms with Crippen molar-refractivity contribution in [3.05, 3.63) is 0 Å². The van der Waals surface area contributed by atoms with Gasteiger partial charge in [0, 0.05) is 13.5 Å². The molecule has 1 unspecified atom stereocenters. The molecule has 0 saturated carbocycles. The fourth-order valence-corrected chi connectivity index (χ4v) is 1.03. The van der Waals surface area contributed by atoms with Crippen LogP contribution >= 0.6 is 0 Å². The average Bonchev–Trinajstić information content (AvgIpc) is 2.24. The van der Waals surface area contributed by atoms with E-state index in [1.54, 1.807) is 6.92 Å². The van der Waals surface area contributed by atoms with Crippen LogP contribution in [0.25, 0.3) is 0 Å². The second kappa shape index (κ2) is 9.15. The second-order valence-corrected chi connectivity index (χ2v) is 3.49. The molecule has 0 N–H and O–H groups in total. The van der Waals surface area contributed by atoms with Crippen LogP contribution in [0.5, 0.6) is 0 Å². The molecule has 0 heterocycles. The van der Waals surface area contributed by atoms with Gasteiger partial charge in [0.05, 0.1) is 12.5 Å². The Labute approximate surface area is 96.1 Å². The molecular formula is C11H20O5. The maximum absolute atomic E-state index is 11.3. The van der Waals surface area contributed by atoms with E-state index in [1.165, 1.54) is 7.11 Å². The lowest BCUT2D eigenvalue weighted by Crippen LogP contribution is -2.21. The maximum atomic E-state index is 11.3. The van der Waals surface area contributed by atoms with E-state index in [0.717, 1.165) is 6.42 Å². The van der Waals surface area contributed by atoms with Gasteiger partial charge < -0.3 is 14.2 Å². The predicted molar refractivity (Wildman–Crippen MR) is 57.9 cm³/mol. The smallest absolute Gasteiger partial charge is 0.311 e. The molecule has 5 heteroatoms. The third-order valence-electron chi connectivity index (χ3n) is 1.86. The van der Waals surface area contributed by atoms with E-state index in [0.29, 0.717) is 13.0 Å². The minimum absolute atomic E-state index is 0.0995. The lowest BCUT2D eigenvalue weighted by Gasteiger charge is -2.10. The molecule has 0 radical (unpaired) electrons. The van der Waals surface area contributed by atoms with E-state index < -0.39 is 0 Å². The van der Waals surface area contributed by atoms with Gasteiger partial charge in [-0.3, -0.25) is 9.59 Å². The number of rotatable bonds is 8. The molecule has 94 valence electrons. The molecule has 0 bridgehead atoms. The van der Waals surface area contributed by atoms with Crippen molar-refractivity contribution in [2.45, 2.75) is 26.7 Å². The Kier molecular flexibility index (Phi) is 8.52. The Bertz CT molecular complexity index is 214. The van der Waals surface area contributed by atoms with Crippen LogP contribution < -0.4 is 0 Å². The minimum Gasteiger partial charge on any atom is -0.462 e. The third-order valence-corrected chi connectivity index (χ3v) is 1.86. The molecule has 5 nitrogen and oxygen atoms in total. The zero-order valence-corrected chi connectivity index (χ0v) is 10.2. The molecule has 0 aromatic rings. The molecule has 0 saturated heterocycles. The Morgan fingerprint density at radius 2 is 1.81 bits per heavy atom. The zero-order chi connectivity index (χ0) is 12.4. The molecule has 0 aromatic carbocycles. The van der Waals surface area contributed by atoms with Crippen molar-refractivity contribution in [1.82, 2.24) is 0 Å². The molecule has 0 fully saturated rings. The van der Waals surface area contributed by atoms with Crippen molar-refractivity contribution in [3.8, 4) is 0 Å². The van der Waals surface area contributed by atoms with Crippen LogP contribution in [0.4, 0.5) is 0 Å². The molecule has 0 aromatic heterocycles. The maximum Gasteiger partial charge on any atom is 0.311 e. The first kappa shape index (κ1) is 14.9. The summed E-state index contributed by atoms with van der Waals surface area (Å²) < 4.78 is 14.5. The van der Waals surface area contributed by atoms with Gasteiger partial charge in [-0.1, -0.05) is 6.92 Å². The second-order valence-electron chi connectivity index (χ2n) is 3.49. The molecule has 0 aliphatic rings. The summed E-state index contributed by atoms with van der Waals surface area (Å²) in [5, 5.41) is 0. The molecule has 0 aliphatic carbocycles. The Morgan fingerprint density at radius 1 is 1.19 bits per heavy atom. The van der Waals surface area contributed by atoms with E-state index in [2.05, 4.69) is 0 Å². The van der Waals surface area contributed by atoms with Crippen molar-refractivity contribution < 1.29 is 23.8 Å². The summed E-state index contributed by atoms with van der Waals surface area (Å²) in [4.78, 5) is 22.2. The quantitative estimate of drug-likeness (QED) is 0.464. The molecule has 0 rings (SSSR count). The van der Waals surface area contributed by atoms with Gasteiger partial charge in [0.25, 0.3) is 0 Å². The summed E-state index contributed by atoms with van der Waals surface area (Å²) >= 11 is 0. The van der Waals surface area contributed by atoms with Gasteiger partial charge in [0.15, 0.2) is 0 Å². The highest BCUT2D eigenvalue weighted by Gasteiger charge is 2.13. The van der Waals surface area contributed by atoms with Crippen molar-refractivity contribution in [2.75, 3.05) is 26.9 Å². The summed E-state index contributed by atoms with van der Waals surface area (Å²) in [5.74, 6) is -0.895. The van der Waals surface area contributed by atoms with E-state index in [4.69, 9.17) is 14.2 Å². The summed E-state index contributed by atoms with van der Waals surface area (Å²) in [6, 6.07) is 0. The number of hydrogen-bond donors (Lipinski definition) is 0. The zero-order valence-electron chi connectivity index (χ0n) is 10.2.